The summed E-state index contributed by atoms with van der Waals surface area (Å²) in [7, 11) is 3.08. The number of benzene rings is 3. The van der Waals surface area contributed by atoms with E-state index in [0.717, 1.165) is 48.6 Å². The van der Waals surface area contributed by atoms with Gasteiger partial charge in [0.1, 0.15) is 17.3 Å². The summed E-state index contributed by atoms with van der Waals surface area (Å²) >= 11 is 13.2. The molecular formula is C29H30Cl2N4O4. The number of methoxy groups -OCH3 is 2. The lowest BCUT2D eigenvalue weighted by Crippen LogP contribution is -2.47. The van der Waals surface area contributed by atoms with Gasteiger partial charge in [0.25, 0.3) is 5.91 Å². The summed E-state index contributed by atoms with van der Waals surface area (Å²) < 4.78 is 10.8. The van der Waals surface area contributed by atoms with Crippen molar-refractivity contribution < 1.29 is 19.4 Å². The molecule has 204 valence electrons. The number of hydrogen-bond acceptors (Lipinski definition) is 7. The van der Waals surface area contributed by atoms with Gasteiger partial charge in [0, 0.05) is 61.2 Å². The Morgan fingerprint density at radius 2 is 1.64 bits per heavy atom. The van der Waals surface area contributed by atoms with Crippen LogP contribution in [0.3, 0.4) is 0 Å². The number of anilines is 1. The van der Waals surface area contributed by atoms with E-state index >= 15 is 0 Å². The van der Waals surface area contributed by atoms with Gasteiger partial charge >= 0.3 is 0 Å². The summed E-state index contributed by atoms with van der Waals surface area (Å²) in [6, 6.07) is 15.1. The second kappa shape index (κ2) is 11.8. The Bertz CT molecular complexity index is 1380. The zero-order valence-electron chi connectivity index (χ0n) is 21.8. The van der Waals surface area contributed by atoms with Crippen LogP contribution < -0.4 is 19.7 Å². The third kappa shape index (κ3) is 5.56. The quantitative estimate of drug-likeness (QED) is 0.437. The molecule has 10 heteroatoms. The molecule has 2 N–H and O–H groups in total. The molecule has 2 aliphatic heterocycles. The van der Waals surface area contributed by atoms with Crippen molar-refractivity contribution in [3.63, 3.8) is 0 Å². The van der Waals surface area contributed by atoms with Gasteiger partial charge in [-0.1, -0.05) is 35.3 Å². The van der Waals surface area contributed by atoms with Crippen molar-refractivity contribution in [2.24, 2.45) is 4.99 Å². The molecule has 0 bridgehead atoms. The molecule has 2 heterocycles. The van der Waals surface area contributed by atoms with Gasteiger partial charge in [0.05, 0.1) is 37.4 Å². The Balaban J connectivity index is 1.28. The van der Waals surface area contributed by atoms with E-state index in [1.165, 1.54) is 0 Å². The van der Waals surface area contributed by atoms with Gasteiger partial charge in [0.15, 0.2) is 0 Å². The number of ether oxygens (including phenoxy) is 2. The Labute approximate surface area is 237 Å². The Hall–Kier alpha value is -3.30. The molecule has 8 nitrogen and oxygen atoms in total. The van der Waals surface area contributed by atoms with E-state index in [4.69, 9.17) is 37.8 Å². The summed E-state index contributed by atoms with van der Waals surface area (Å²) in [6.45, 7) is 4.91. The average molecular weight is 569 g/mol. The number of amidine groups is 1. The predicted molar refractivity (Wildman–Crippen MR) is 155 cm³/mol. The summed E-state index contributed by atoms with van der Waals surface area (Å²) in [5.74, 6) is 1.25. The van der Waals surface area contributed by atoms with E-state index in [1.54, 1.807) is 20.3 Å². The average Bonchev–Trinajstić information content (AvgIpc) is 3.36. The van der Waals surface area contributed by atoms with E-state index < -0.39 is 0 Å². The zero-order valence-corrected chi connectivity index (χ0v) is 23.3. The van der Waals surface area contributed by atoms with Crippen LogP contribution in [0, 0.1) is 0 Å². The third-order valence-electron chi connectivity index (χ3n) is 7.15. The van der Waals surface area contributed by atoms with Crippen molar-refractivity contribution in [2.75, 3.05) is 58.5 Å². The minimum Gasteiger partial charge on any atom is -0.495 e. The van der Waals surface area contributed by atoms with E-state index in [1.807, 2.05) is 42.5 Å². The lowest BCUT2D eigenvalue weighted by Gasteiger charge is -2.35. The fourth-order valence-corrected chi connectivity index (χ4v) is 5.70. The van der Waals surface area contributed by atoms with Crippen LogP contribution in [0.1, 0.15) is 21.5 Å². The van der Waals surface area contributed by atoms with E-state index in [0.29, 0.717) is 51.6 Å². The van der Waals surface area contributed by atoms with Crippen molar-refractivity contribution in [3.8, 4) is 22.6 Å². The first-order valence-corrected chi connectivity index (χ1v) is 13.5. The predicted octanol–water partition coefficient (Wildman–Crippen LogP) is 4.48. The van der Waals surface area contributed by atoms with Gasteiger partial charge < -0.3 is 24.8 Å². The van der Waals surface area contributed by atoms with Crippen LogP contribution in [-0.2, 0) is 6.54 Å². The first-order valence-electron chi connectivity index (χ1n) is 12.7. The normalized spacial score (nSPS) is 15.1. The molecule has 39 heavy (non-hydrogen) atoms. The SMILES string of the molecule is COc1cc(OC)c(Cl)c(-c2ccc3c(c2)CN=C3NC(=O)c2ccc(N3CCN(CCO)CC3)cc2)c1Cl. The molecule has 0 aliphatic carbocycles. The second-order valence-electron chi connectivity index (χ2n) is 9.37. The molecule has 0 spiro atoms. The first-order chi connectivity index (χ1) is 18.9. The molecule has 2 aliphatic rings. The molecule has 0 saturated carbocycles. The maximum Gasteiger partial charge on any atom is 0.256 e. The number of aliphatic imine (C=N–C) groups is 1. The number of fused-ring (bicyclic) bond motifs is 1. The van der Waals surface area contributed by atoms with E-state index in [2.05, 4.69) is 20.1 Å². The zero-order chi connectivity index (χ0) is 27.5. The van der Waals surface area contributed by atoms with Crippen LogP contribution in [0.15, 0.2) is 53.5 Å². The highest BCUT2D eigenvalue weighted by Gasteiger charge is 2.23. The van der Waals surface area contributed by atoms with Crippen LogP contribution >= 0.6 is 23.2 Å². The van der Waals surface area contributed by atoms with Gasteiger partial charge in [-0.2, -0.15) is 0 Å². The highest BCUT2D eigenvalue weighted by molar-refractivity contribution is 6.41. The van der Waals surface area contributed by atoms with E-state index in [-0.39, 0.29) is 12.5 Å². The first kappa shape index (κ1) is 27.3. The summed E-state index contributed by atoms with van der Waals surface area (Å²) in [6.07, 6.45) is 0. The highest BCUT2D eigenvalue weighted by Crippen LogP contribution is 2.46. The van der Waals surface area contributed by atoms with Crippen LogP contribution in [0.2, 0.25) is 10.0 Å². The molecule has 1 amide bonds. The number of halogens is 2. The van der Waals surface area contributed by atoms with Crippen LogP contribution in [0.25, 0.3) is 11.1 Å². The highest BCUT2D eigenvalue weighted by atomic mass is 35.5. The maximum atomic E-state index is 13.0. The number of piperazine rings is 1. The van der Waals surface area contributed by atoms with Crippen molar-refractivity contribution in [1.82, 2.24) is 10.2 Å². The molecule has 0 unspecified atom stereocenters. The number of carbonyl (C=O) groups excluding carboxylic acids is 1. The number of amides is 1. The number of aliphatic hydroxyl groups is 1. The number of aliphatic hydroxyl groups excluding tert-OH is 1. The largest absolute Gasteiger partial charge is 0.495 e. The van der Waals surface area contributed by atoms with Crippen molar-refractivity contribution in [3.05, 3.63) is 75.3 Å². The third-order valence-corrected chi connectivity index (χ3v) is 7.90. The lowest BCUT2D eigenvalue weighted by atomic mass is 9.99. The van der Waals surface area contributed by atoms with Gasteiger partial charge in [-0.15, -0.1) is 0 Å². The summed E-state index contributed by atoms with van der Waals surface area (Å²) in [5, 5.41) is 12.9. The molecule has 0 atom stereocenters. The maximum absolute atomic E-state index is 13.0. The smallest absolute Gasteiger partial charge is 0.256 e. The summed E-state index contributed by atoms with van der Waals surface area (Å²) in [4.78, 5) is 22.1. The Morgan fingerprint density at radius 3 is 2.26 bits per heavy atom. The van der Waals surface area contributed by atoms with Crippen molar-refractivity contribution >= 4 is 40.6 Å². The molecule has 3 aromatic rings. The summed E-state index contributed by atoms with van der Waals surface area (Å²) in [5.41, 5.74) is 4.87. The van der Waals surface area contributed by atoms with E-state index in [9.17, 15) is 4.79 Å². The van der Waals surface area contributed by atoms with Gasteiger partial charge in [-0.05, 0) is 41.5 Å². The van der Waals surface area contributed by atoms with Gasteiger partial charge in [0.2, 0.25) is 0 Å². The molecule has 1 saturated heterocycles. The fraction of sp³-hybridized carbons (Fsp3) is 0.310. The fourth-order valence-electron chi connectivity index (χ4n) is 4.98. The number of β-amino-alcohol motifs (C(OH)–C–C–N with tert-alkyl or cyclic N) is 1. The minimum absolute atomic E-state index is 0.181. The molecular weight excluding hydrogens is 539 g/mol. The van der Waals surface area contributed by atoms with Crippen molar-refractivity contribution in [2.45, 2.75) is 6.54 Å². The topological polar surface area (TPSA) is 86.6 Å². The van der Waals surface area contributed by atoms with Crippen molar-refractivity contribution in [1.29, 1.82) is 0 Å². The van der Waals surface area contributed by atoms with Gasteiger partial charge in [-0.3, -0.25) is 14.7 Å². The molecule has 0 aromatic heterocycles. The van der Waals surface area contributed by atoms with Gasteiger partial charge in [-0.25, -0.2) is 0 Å². The Morgan fingerprint density at radius 1 is 0.974 bits per heavy atom. The number of nitrogens with zero attached hydrogens (tertiary/aromatic N) is 3. The second-order valence-corrected chi connectivity index (χ2v) is 10.1. The molecule has 5 rings (SSSR count). The standard InChI is InChI=1S/C29H30Cl2N4O4/c1-38-23-16-24(39-2)27(31)25(26(23)30)19-5-8-22-20(15-19)17-32-28(22)33-29(37)18-3-6-21(7-4-18)35-11-9-34(10-12-35)13-14-36/h3-8,15-16,36H,9-14,17H2,1-2H3,(H,32,33,37). The monoisotopic (exact) mass is 568 g/mol. The van der Waals surface area contributed by atoms with Crippen LogP contribution in [0.4, 0.5) is 5.69 Å². The number of rotatable bonds is 7. The number of carbonyl (C=O) groups is 1. The number of nitrogens with one attached hydrogen (secondary N) is 1. The van der Waals surface area contributed by atoms with Crippen LogP contribution in [-0.4, -0.2) is 75.3 Å². The molecule has 3 aromatic carbocycles. The lowest BCUT2D eigenvalue weighted by molar-refractivity contribution is 0.0977. The Kier molecular flexibility index (Phi) is 8.28. The minimum atomic E-state index is -0.214. The molecule has 0 radical (unpaired) electrons. The van der Waals surface area contributed by atoms with Crippen LogP contribution in [0.5, 0.6) is 11.5 Å². The number of hydrogen-bond donors (Lipinski definition) is 2. The molecule has 1 fully saturated rings.